The molecule has 2 saturated heterocycles. The molecule has 0 radical (unpaired) electrons. The Morgan fingerprint density at radius 3 is 2.61 bits per heavy atom. The van der Waals surface area contributed by atoms with E-state index in [-0.39, 0.29) is 0 Å². The van der Waals surface area contributed by atoms with Crippen LogP contribution >= 0.6 is 0 Å². The van der Waals surface area contributed by atoms with Crippen molar-refractivity contribution in [3.05, 3.63) is 11.7 Å². The zero-order chi connectivity index (χ0) is 12.4. The molecule has 1 aromatic heterocycles. The van der Waals surface area contributed by atoms with Crippen molar-refractivity contribution in [3.8, 4) is 0 Å². The molecule has 0 aliphatic carbocycles. The topological polar surface area (TPSA) is 57.4 Å². The minimum atomic E-state index is 0.755. The standard InChI is InChI=1S/C12H21N5O/c1-2-11-14-12(18-15-11)9-16-3-5-17(6-4-16)10-7-13-8-10/h10,13H,2-9H2,1H3. The quantitative estimate of drug-likeness (QED) is 0.794. The van der Waals surface area contributed by atoms with Gasteiger partial charge in [0.25, 0.3) is 0 Å². The van der Waals surface area contributed by atoms with Gasteiger partial charge in [0.1, 0.15) is 0 Å². The lowest BCUT2D eigenvalue weighted by Crippen LogP contribution is -2.61. The summed E-state index contributed by atoms with van der Waals surface area (Å²) in [6.07, 6.45) is 0.839. The number of rotatable bonds is 4. The van der Waals surface area contributed by atoms with Crippen molar-refractivity contribution < 1.29 is 4.52 Å². The predicted molar refractivity (Wildman–Crippen MR) is 67.2 cm³/mol. The highest BCUT2D eigenvalue weighted by Gasteiger charge is 2.28. The Hall–Kier alpha value is -0.980. The van der Waals surface area contributed by atoms with E-state index in [1.54, 1.807) is 0 Å². The Labute approximate surface area is 107 Å². The normalized spacial score (nSPS) is 23.2. The van der Waals surface area contributed by atoms with Crippen LogP contribution in [0, 0.1) is 0 Å². The summed E-state index contributed by atoms with van der Waals surface area (Å²) in [7, 11) is 0. The van der Waals surface area contributed by atoms with E-state index in [9.17, 15) is 0 Å². The third-order valence-electron chi connectivity index (χ3n) is 3.87. The Bertz CT molecular complexity index is 382. The average Bonchev–Trinajstić information content (AvgIpc) is 2.77. The van der Waals surface area contributed by atoms with E-state index in [1.165, 1.54) is 0 Å². The van der Waals surface area contributed by atoms with Crippen molar-refractivity contribution in [1.29, 1.82) is 0 Å². The molecule has 0 aromatic carbocycles. The van der Waals surface area contributed by atoms with Gasteiger partial charge in [-0.2, -0.15) is 4.98 Å². The van der Waals surface area contributed by atoms with Crippen LogP contribution in [0.3, 0.4) is 0 Å². The third kappa shape index (κ3) is 2.55. The molecule has 3 rings (SSSR count). The first-order chi connectivity index (χ1) is 8.85. The molecule has 1 aromatic rings. The van der Waals surface area contributed by atoms with Crippen LogP contribution in [0.15, 0.2) is 4.52 Å². The second kappa shape index (κ2) is 5.34. The molecule has 0 atom stereocenters. The van der Waals surface area contributed by atoms with Crippen molar-refractivity contribution in [2.24, 2.45) is 0 Å². The Kier molecular flexibility index (Phi) is 3.58. The van der Waals surface area contributed by atoms with Crippen LogP contribution in [-0.2, 0) is 13.0 Å². The molecule has 2 aliphatic heterocycles. The summed E-state index contributed by atoms with van der Waals surface area (Å²) in [5.74, 6) is 1.56. The molecule has 6 nitrogen and oxygen atoms in total. The van der Waals surface area contributed by atoms with Gasteiger partial charge in [-0.1, -0.05) is 12.1 Å². The Balaban J connectivity index is 1.47. The molecule has 6 heteroatoms. The summed E-state index contributed by atoms with van der Waals surface area (Å²) in [5, 5.41) is 7.26. The highest BCUT2D eigenvalue weighted by atomic mass is 16.5. The minimum Gasteiger partial charge on any atom is -0.338 e. The first kappa shape index (κ1) is 12.1. The molecular weight excluding hydrogens is 230 g/mol. The number of aromatic nitrogens is 2. The lowest BCUT2D eigenvalue weighted by atomic mass is 10.1. The van der Waals surface area contributed by atoms with Gasteiger partial charge in [0.2, 0.25) is 5.89 Å². The molecule has 0 unspecified atom stereocenters. The van der Waals surface area contributed by atoms with E-state index < -0.39 is 0 Å². The number of nitrogens with zero attached hydrogens (tertiary/aromatic N) is 4. The van der Waals surface area contributed by atoms with Crippen molar-refractivity contribution in [2.75, 3.05) is 39.3 Å². The van der Waals surface area contributed by atoms with Gasteiger partial charge in [-0.3, -0.25) is 9.80 Å². The van der Waals surface area contributed by atoms with Crippen LogP contribution in [-0.4, -0.2) is 65.3 Å². The van der Waals surface area contributed by atoms with E-state index in [2.05, 4.69) is 25.3 Å². The molecule has 2 fully saturated rings. The zero-order valence-corrected chi connectivity index (χ0v) is 10.9. The molecule has 18 heavy (non-hydrogen) atoms. The second-order valence-electron chi connectivity index (χ2n) is 5.08. The molecule has 100 valence electrons. The summed E-state index contributed by atoms with van der Waals surface area (Å²) >= 11 is 0. The lowest BCUT2D eigenvalue weighted by Gasteiger charge is -2.43. The molecule has 3 heterocycles. The van der Waals surface area contributed by atoms with Crippen molar-refractivity contribution >= 4 is 0 Å². The van der Waals surface area contributed by atoms with Gasteiger partial charge in [-0.25, -0.2) is 0 Å². The number of nitrogens with one attached hydrogen (secondary N) is 1. The van der Waals surface area contributed by atoms with Crippen LogP contribution in [0.1, 0.15) is 18.6 Å². The summed E-state index contributed by atoms with van der Waals surface area (Å²) in [6, 6.07) is 0.766. The predicted octanol–water partition coefficient (Wildman–Crippen LogP) is -0.279. The monoisotopic (exact) mass is 251 g/mol. The van der Waals surface area contributed by atoms with Crippen molar-refractivity contribution in [1.82, 2.24) is 25.3 Å². The van der Waals surface area contributed by atoms with Crippen LogP contribution in [0.4, 0.5) is 0 Å². The molecule has 1 N–H and O–H groups in total. The highest BCUT2D eigenvalue weighted by Crippen LogP contribution is 2.11. The molecule has 0 bridgehead atoms. The van der Waals surface area contributed by atoms with E-state index in [4.69, 9.17) is 4.52 Å². The molecule has 2 aliphatic rings. The number of piperazine rings is 1. The number of hydrogen-bond donors (Lipinski definition) is 1. The summed E-state index contributed by atoms with van der Waals surface area (Å²) in [4.78, 5) is 9.34. The van der Waals surface area contributed by atoms with E-state index >= 15 is 0 Å². The summed E-state index contributed by atoms with van der Waals surface area (Å²) in [6.45, 7) is 9.65. The fourth-order valence-corrected chi connectivity index (χ4v) is 2.51. The average molecular weight is 251 g/mol. The van der Waals surface area contributed by atoms with Gasteiger partial charge in [0, 0.05) is 51.7 Å². The smallest absolute Gasteiger partial charge is 0.240 e. The van der Waals surface area contributed by atoms with Crippen molar-refractivity contribution in [2.45, 2.75) is 25.9 Å². The number of aryl methyl sites for hydroxylation is 1. The largest absolute Gasteiger partial charge is 0.338 e. The number of hydrogen-bond acceptors (Lipinski definition) is 6. The molecule has 0 amide bonds. The Morgan fingerprint density at radius 1 is 1.28 bits per heavy atom. The van der Waals surface area contributed by atoms with E-state index in [1.807, 2.05) is 6.92 Å². The lowest BCUT2D eigenvalue weighted by molar-refractivity contribution is 0.0647. The van der Waals surface area contributed by atoms with E-state index in [0.29, 0.717) is 0 Å². The van der Waals surface area contributed by atoms with Gasteiger partial charge < -0.3 is 9.84 Å². The van der Waals surface area contributed by atoms with Gasteiger partial charge in [0.05, 0.1) is 6.54 Å². The maximum Gasteiger partial charge on any atom is 0.240 e. The Morgan fingerprint density at radius 2 is 2.06 bits per heavy atom. The van der Waals surface area contributed by atoms with Crippen LogP contribution in [0.5, 0.6) is 0 Å². The third-order valence-corrected chi connectivity index (χ3v) is 3.87. The maximum atomic E-state index is 5.24. The highest BCUT2D eigenvalue weighted by molar-refractivity contribution is 4.90. The first-order valence-electron chi connectivity index (χ1n) is 6.83. The van der Waals surface area contributed by atoms with Gasteiger partial charge in [0.15, 0.2) is 5.82 Å². The van der Waals surface area contributed by atoms with E-state index in [0.717, 1.165) is 70.0 Å². The maximum absolute atomic E-state index is 5.24. The van der Waals surface area contributed by atoms with Crippen LogP contribution in [0.25, 0.3) is 0 Å². The molecule has 0 spiro atoms. The van der Waals surface area contributed by atoms with Gasteiger partial charge in [-0.15, -0.1) is 0 Å². The van der Waals surface area contributed by atoms with Crippen molar-refractivity contribution in [3.63, 3.8) is 0 Å². The fraction of sp³-hybridized carbons (Fsp3) is 0.833. The van der Waals surface area contributed by atoms with Gasteiger partial charge in [-0.05, 0) is 0 Å². The first-order valence-corrected chi connectivity index (χ1v) is 6.83. The van der Waals surface area contributed by atoms with Crippen LogP contribution in [0.2, 0.25) is 0 Å². The summed E-state index contributed by atoms with van der Waals surface area (Å²) < 4.78 is 5.24. The summed E-state index contributed by atoms with van der Waals surface area (Å²) in [5.41, 5.74) is 0. The fourth-order valence-electron chi connectivity index (χ4n) is 2.51. The minimum absolute atomic E-state index is 0.755. The SMILES string of the molecule is CCc1noc(CN2CCN(C3CNC3)CC2)n1. The zero-order valence-electron chi connectivity index (χ0n) is 10.9. The second-order valence-corrected chi connectivity index (χ2v) is 5.08. The van der Waals surface area contributed by atoms with Crippen LogP contribution < -0.4 is 5.32 Å². The molecular formula is C12H21N5O. The molecule has 0 saturated carbocycles. The van der Waals surface area contributed by atoms with Gasteiger partial charge >= 0.3 is 0 Å².